The molecule has 1 aliphatic heterocycles. The highest BCUT2D eigenvalue weighted by molar-refractivity contribution is 6.35. The van der Waals surface area contributed by atoms with Gasteiger partial charge in [0.25, 0.3) is 0 Å². The molecular formula is C12H14Cl2O2. The third-order valence-corrected chi connectivity index (χ3v) is 3.69. The van der Waals surface area contributed by atoms with E-state index in [2.05, 4.69) is 0 Å². The van der Waals surface area contributed by atoms with E-state index < -0.39 is 6.10 Å². The molecule has 1 aliphatic rings. The number of rotatable bonds is 3. The van der Waals surface area contributed by atoms with Crippen LogP contribution in [0.3, 0.4) is 0 Å². The second-order valence-corrected chi connectivity index (χ2v) is 4.91. The molecular weight excluding hydrogens is 247 g/mol. The van der Waals surface area contributed by atoms with E-state index >= 15 is 0 Å². The van der Waals surface area contributed by atoms with Crippen LogP contribution in [0.15, 0.2) is 18.2 Å². The Morgan fingerprint density at radius 1 is 1.38 bits per heavy atom. The standard InChI is InChI=1S/C12H14Cl2O2/c13-10-2-1-3-11(14)9(10)6-12(15)8-4-5-16-7-8/h1-3,8,12,15H,4-7H2. The molecule has 1 saturated heterocycles. The molecule has 1 aromatic rings. The van der Waals surface area contributed by atoms with Crippen molar-refractivity contribution < 1.29 is 9.84 Å². The first kappa shape index (κ1) is 12.2. The van der Waals surface area contributed by atoms with Gasteiger partial charge in [-0.15, -0.1) is 0 Å². The van der Waals surface area contributed by atoms with Crippen molar-refractivity contribution in [3.8, 4) is 0 Å². The molecule has 0 bridgehead atoms. The maximum absolute atomic E-state index is 10.1. The van der Waals surface area contributed by atoms with E-state index in [9.17, 15) is 5.11 Å². The molecule has 4 heteroatoms. The monoisotopic (exact) mass is 260 g/mol. The van der Waals surface area contributed by atoms with Gasteiger partial charge in [0.05, 0.1) is 12.7 Å². The molecule has 88 valence electrons. The second kappa shape index (κ2) is 5.37. The lowest BCUT2D eigenvalue weighted by atomic mass is 9.95. The third-order valence-electron chi connectivity index (χ3n) is 2.98. The molecule has 1 N–H and O–H groups in total. The van der Waals surface area contributed by atoms with Crippen LogP contribution >= 0.6 is 23.2 Å². The lowest BCUT2D eigenvalue weighted by Gasteiger charge is -2.17. The van der Waals surface area contributed by atoms with Gasteiger partial charge < -0.3 is 9.84 Å². The second-order valence-electron chi connectivity index (χ2n) is 4.10. The Bertz CT molecular complexity index is 342. The lowest BCUT2D eigenvalue weighted by Crippen LogP contribution is -2.23. The summed E-state index contributed by atoms with van der Waals surface area (Å²) in [7, 11) is 0. The van der Waals surface area contributed by atoms with Crippen LogP contribution in [-0.2, 0) is 11.2 Å². The van der Waals surface area contributed by atoms with Gasteiger partial charge >= 0.3 is 0 Å². The smallest absolute Gasteiger partial charge is 0.0632 e. The fraction of sp³-hybridized carbons (Fsp3) is 0.500. The summed E-state index contributed by atoms with van der Waals surface area (Å²) in [5.74, 6) is 0.201. The first-order valence-corrected chi connectivity index (χ1v) is 6.13. The zero-order valence-corrected chi connectivity index (χ0v) is 10.3. The van der Waals surface area contributed by atoms with Gasteiger partial charge in [0, 0.05) is 29.0 Å². The van der Waals surface area contributed by atoms with Crippen LogP contribution in [0, 0.1) is 5.92 Å². The Labute approximate surface area is 105 Å². The minimum absolute atomic E-state index is 0.201. The highest BCUT2D eigenvalue weighted by Crippen LogP contribution is 2.28. The SMILES string of the molecule is OC(Cc1c(Cl)cccc1Cl)C1CCOC1. The highest BCUT2D eigenvalue weighted by Gasteiger charge is 2.25. The summed E-state index contributed by atoms with van der Waals surface area (Å²) in [6.07, 6.45) is 0.968. The molecule has 0 spiro atoms. The topological polar surface area (TPSA) is 29.5 Å². The Kier molecular flexibility index (Phi) is 4.09. The molecule has 0 radical (unpaired) electrons. The van der Waals surface area contributed by atoms with Crippen molar-refractivity contribution >= 4 is 23.2 Å². The Balaban J connectivity index is 2.07. The number of hydrogen-bond donors (Lipinski definition) is 1. The van der Waals surface area contributed by atoms with Crippen molar-refractivity contribution in [1.82, 2.24) is 0 Å². The van der Waals surface area contributed by atoms with E-state index in [-0.39, 0.29) is 5.92 Å². The van der Waals surface area contributed by atoms with Crippen LogP contribution in [-0.4, -0.2) is 24.4 Å². The van der Waals surface area contributed by atoms with Crippen molar-refractivity contribution in [2.45, 2.75) is 18.9 Å². The van der Waals surface area contributed by atoms with Crippen molar-refractivity contribution in [2.75, 3.05) is 13.2 Å². The van der Waals surface area contributed by atoms with E-state index in [4.69, 9.17) is 27.9 Å². The summed E-state index contributed by atoms with van der Waals surface area (Å²) >= 11 is 12.1. The molecule has 1 fully saturated rings. The molecule has 0 amide bonds. The lowest BCUT2D eigenvalue weighted by molar-refractivity contribution is 0.0919. The largest absolute Gasteiger partial charge is 0.392 e. The van der Waals surface area contributed by atoms with Gasteiger partial charge in [-0.2, -0.15) is 0 Å². The molecule has 2 atom stereocenters. The Morgan fingerprint density at radius 2 is 2.06 bits per heavy atom. The van der Waals surface area contributed by atoms with Crippen molar-refractivity contribution in [2.24, 2.45) is 5.92 Å². The fourth-order valence-electron chi connectivity index (χ4n) is 1.96. The van der Waals surface area contributed by atoms with Crippen LogP contribution < -0.4 is 0 Å². The van der Waals surface area contributed by atoms with E-state index in [1.807, 2.05) is 0 Å². The first-order chi connectivity index (χ1) is 7.68. The van der Waals surface area contributed by atoms with E-state index in [1.165, 1.54) is 0 Å². The number of aliphatic hydroxyl groups excluding tert-OH is 1. The number of aliphatic hydroxyl groups is 1. The Morgan fingerprint density at radius 3 is 2.62 bits per heavy atom. The molecule has 16 heavy (non-hydrogen) atoms. The average molecular weight is 261 g/mol. The van der Waals surface area contributed by atoms with Crippen molar-refractivity contribution in [1.29, 1.82) is 0 Å². The number of halogens is 2. The number of benzene rings is 1. The van der Waals surface area contributed by atoms with Gasteiger partial charge in [0.1, 0.15) is 0 Å². The van der Waals surface area contributed by atoms with Gasteiger partial charge in [-0.05, 0) is 24.1 Å². The van der Waals surface area contributed by atoms with Crippen LogP contribution in [0.25, 0.3) is 0 Å². The molecule has 1 aromatic carbocycles. The molecule has 2 unspecified atom stereocenters. The summed E-state index contributed by atoms with van der Waals surface area (Å²) in [6, 6.07) is 5.39. The molecule has 0 saturated carbocycles. The Hall–Kier alpha value is -0.280. The summed E-state index contributed by atoms with van der Waals surface area (Å²) < 4.78 is 5.25. The van der Waals surface area contributed by atoms with Crippen LogP contribution in [0.2, 0.25) is 10.0 Å². The molecule has 2 nitrogen and oxygen atoms in total. The zero-order chi connectivity index (χ0) is 11.5. The van der Waals surface area contributed by atoms with Gasteiger partial charge in [-0.3, -0.25) is 0 Å². The van der Waals surface area contributed by atoms with E-state index in [1.54, 1.807) is 18.2 Å². The third kappa shape index (κ3) is 2.69. The van der Waals surface area contributed by atoms with Gasteiger partial charge in [0.15, 0.2) is 0 Å². The van der Waals surface area contributed by atoms with Gasteiger partial charge in [-0.25, -0.2) is 0 Å². The maximum Gasteiger partial charge on any atom is 0.0632 e. The quantitative estimate of drug-likeness (QED) is 0.906. The summed E-state index contributed by atoms with van der Waals surface area (Å²) in [5, 5.41) is 11.3. The first-order valence-electron chi connectivity index (χ1n) is 5.37. The highest BCUT2D eigenvalue weighted by atomic mass is 35.5. The summed E-state index contributed by atoms with van der Waals surface area (Å²) in [5.41, 5.74) is 0.824. The normalized spacial score (nSPS) is 22.3. The van der Waals surface area contributed by atoms with E-state index in [0.29, 0.717) is 23.1 Å². The number of hydrogen-bond acceptors (Lipinski definition) is 2. The summed E-state index contributed by atoms with van der Waals surface area (Å²) in [6.45, 7) is 1.36. The zero-order valence-electron chi connectivity index (χ0n) is 8.83. The van der Waals surface area contributed by atoms with Crippen molar-refractivity contribution in [3.05, 3.63) is 33.8 Å². The predicted molar refractivity (Wildman–Crippen MR) is 65.1 cm³/mol. The average Bonchev–Trinajstić information content (AvgIpc) is 2.76. The van der Waals surface area contributed by atoms with Crippen LogP contribution in [0.5, 0.6) is 0 Å². The van der Waals surface area contributed by atoms with Gasteiger partial charge in [-0.1, -0.05) is 29.3 Å². The molecule has 2 rings (SSSR count). The minimum atomic E-state index is -0.431. The maximum atomic E-state index is 10.1. The number of ether oxygens (including phenoxy) is 1. The summed E-state index contributed by atoms with van der Waals surface area (Å²) in [4.78, 5) is 0. The minimum Gasteiger partial charge on any atom is -0.392 e. The van der Waals surface area contributed by atoms with Crippen LogP contribution in [0.4, 0.5) is 0 Å². The predicted octanol–water partition coefficient (Wildman–Crippen LogP) is 2.93. The molecule has 0 aromatic heterocycles. The molecule has 0 aliphatic carbocycles. The van der Waals surface area contributed by atoms with Crippen molar-refractivity contribution in [3.63, 3.8) is 0 Å². The van der Waals surface area contributed by atoms with Crippen LogP contribution in [0.1, 0.15) is 12.0 Å². The fourth-order valence-corrected chi connectivity index (χ4v) is 2.51. The molecule has 1 heterocycles. The van der Waals surface area contributed by atoms with E-state index in [0.717, 1.165) is 18.6 Å². The van der Waals surface area contributed by atoms with Gasteiger partial charge in [0.2, 0.25) is 0 Å².